The van der Waals surface area contributed by atoms with Gasteiger partial charge in [-0.1, -0.05) is 37.2 Å². The van der Waals surface area contributed by atoms with E-state index in [2.05, 4.69) is 22.9 Å². The van der Waals surface area contributed by atoms with Crippen molar-refractivity contribution in [2.24, 2.45) is 0 Å². The molecule has 0 atom stereocenters. The molecule has 0 fully saturated rings. The molecule has 4 rings (SSSR count). The van der Waals surface area contributed by atoms with Crippen molar-refractivity contribution < 1.29 is 14.3 Å². The number of aromatic nitrogens is 3. The number of rotatable bonds is 11. The molecule has 0 radical (unpaired) electrons. The van der Waals surface area contributed by atoms with Gasteiger partial charge in [-0.05, 0) is 43.2 Å². The van der Waals surface area contributed by atoms with Crippen LogP contribution in [0.15, 0.2) is 36.4 Å². The predicted molar refractivity (Wildman–Crippen MR) is 134 cm³/mol. The van der Waals surface area contributed by atoms with Crippen molar-refractivity contribution in [1.29, 1.82) is 0 Å². The van der Waals surface area contributed by atoms with E-state index in [1.165, 1.54) is 7.11 Å². The van der Waals surface area contributed by atoms with Gasteiger partial charge in [0.1, 0.15) is 5.82 Å². The van der Waals surface area contributed by atoms with Gasteiger partial charge in [-0.25, -0.2) is 14.8 Å². The average Bonchev–Trinajstić information content (AvgIpc) is 3.42. The van der Waals surface area contributed by atoms with E-state index in [1.807, 2.05) is 30.3 Å². The number of methoxy groups -OCH3 is 2. The van der Waals surface area contributed by atoms with Crippen LogP contribution < -0.4 is 5.32 Å². The molecule has 33 heavy (non-hydrogen) atoms. The smallest absolute Gasteiger partial charge is 0.337 e. The number of ether oxygens (including phenoxy) is 2. The Bertz CT molecular complexity index is 1250. The molecule has 0 saturated carbocycles. The molecule has 2 aromatic heterocycles. The number of hydrogen-bond donors (Lipinski definition) is 1. The Morgan fingerprint density at radius 3 is 2.76 bits per heavy atom. The number of imidazole rings is 1. The first-order valence-electron chi connectivity index (χ1n) is 11.4. The molecule has 2 heterocycles. The highest BCUT2D eigenvalue weighted by atomic mass is 32.1. The first-order valence-corrected chi connectivity index (χ1v) is 12.2. The zero-order valence-electron chi connectivity index (χ0n) is 19.4. The SMILES string of the molecule is CCCCCn1c(-c2cccc3nc(NCCCOC)sc23)nc2cc(C(=O)OC)ccc21. The Kier molecular flexibility index (Phi) is 7.57. The van der Waals surface area contributed by atoms with E-state index in [1.54, 1.807) is 18.4 Å². The lowest BCUT2D eigenvalue weighted by Crippen LogP contribution is -2.03. The number of anilines is 1. The highest BCUT2D eigenvalue weighted by Crippen LogP contribution is 2.36. The Hall–Kier alpha value is -2.97. The van der Waals surface area contributed by atoms with E-state index in [4.69, 9.17) is 19.4 Å². The topological polar surface area (TPSA) is 78.3 Å². The van der Waals surface area contributed by atoms with Crippen molar-refractivity contribution in [1.82, 2.24) is 14.5 Å². The lowest BCUT2D eigenvalue weighted by Gasteiger charge is -2.10. The minimum Gasteiger partial charge on any atom is -0.465 e. The van der Waals surface area contributed by atoms with E-state index in [-0.39, 0.29) is 5.97 Å². The molecular formula is C25H30N4O3S. The van der Waals surface area contributed by atoms with Gasteiger partial charge in [0.15, 0.2) is 5.13 Å². The van der Waals surface area contributed by atoms with E-state index in [0.29, 0.717) is 5.56 Å². The lowest BCUT2D eigenvalue weighted by molar-refractivity contribution is 0.0601. The van der Waals surface area contributed by atoms with Gasteiger partial charge in [0.05, 0.1) is 33.9 Å². The number of benzene rings is 2. The number of nitrogens with zero attached hydrogens (tertiary/aromatic N) is 3. The summed E-state index contributed by atoms with van der Waals surface area (Å²) >= 11 is 1.64. The van der Waals surface area contributed by atoms with E-state index < -0.39 is 0 Å². The third kappa shape index (κ3) is 5.02. The van der Waals surface area contributed by atoms with Gasteiger partial charge in [-0.2, -0.15) is 0 Å². The molecule has 0 saturated heterocycles. The average molecular weight is 467 g/mol. The Morgan fingerprint density at radius 1 is 1.09 bits per heavy atom. The minimum absolute atomic E-state index is 0.354. The van der Waals surface area contributed by atoms with Crippen molar-refractivity contribution in [2.75, 3.05) is 32.7 Å². The molecule has 174 valence electrons. The summed E-state index contributed by atoms with van der Waals surface area (Å²) in [6.07, 6.45) is 4.30. The number of aryl methyl sites for hydroxylation is 1. The normalized spacial score (nSPS) is 11.4. The Labute approximate surface area is 197 Å². The van der Waals surface area contributed by atoms with Gasteiger partial charge in [-0.15, -0.1) is 0 Å². The predicted octanol–water partition coefficient (Wildman–Crippen LogP) is 5.74. The second-order valence-electron chi connectivity index (χ2n) is 7.94. The molecule has 7 nitrogen and oxygen atoms in total. The van der Waals surface area contributed by atoms with Gasteiger partial charge in [0, 0.05) is 32.4 Å². The van der Waals surface area contributed by atoms with Crippen molar-refractivity contribution in [3.8, 4) is 11.4 Å². The second-order valence-corrected chi connectivity index (χ2v) is 8.93. The van der Waals surface area contributed by atoms with E-state index in [9.17, 15) is 4.79 Å². The summed E-state index contributed by atoms with van der Waals surface area (Å²) in [4.78, 5) is 21.8. The summed E-state index contributed by atoms with van der Waals surface area (Å²) in [7, 11) is 3.11. The number of hydrogen-bond acceptors (Lipinski definition) is 7. The summed E-state index contributed by atoms with van der Waals surface area (Å²) in [6, 6.07) is 11.8. The third-order valence-corrected chi connectivity index (χ3v) is 6.67. The molecule has 2 aromatic carbocycles. The Morgan fingerprint density at radius 2 is 1.97 bits per heavy atom. The van der Waals surface area contributed by atoms with Crippen LogP contribution in [0.5, 0.6) is 0 Å². The summed E-state index contributed by atoms with van der Waals surface area (Å²) in [5.41, 5.74) is 4.33. The van der Waals surface area contributed by atoms with Crippen LogP contribution in [0.3, 0.4) is 0 Å². The Balaban J connectivity index is 1.77. The maximum Gasteiger partial charge on any atom is 0.337 e. The van der Waals surface area contributed by atoms with Gasteiger partial charge in [0.2, 0.25) is 0 Å². The largest absolute Gasteiger partial charge is 0.465 e. The monoisotopic (exact) mass is 466 g/mol. The molecule has 0 amide bonds. The highest BCUT2D eigenvalue weighted by molar-refractivity contribution is 7.22. The molecule has 0 spiro atoms. The first-order chi connectivity index (χ1) is 16.2. The van der Waals surface area contributed by atoms with Crippen molar-refractivity contribution in [3.05, 3.63) is 42.0 Å². The molecule has 0 unspecified atom stereocenters. The summed E-state index contributed by atoms with van der Waals surface area (Å²) in [5, 5.41) is 4.30. The van der Waals surface area contributed by atoms with Crippen LogP contribution in [0.4, 0.5) is 5.13 Å². The van der Waals surface area contributed by atoms with Crippen LogP contribution in [0.1, 0.15) is 43.0 Å². The van der Waals surface area contributed by atoms with Gasteiger partial charge >= 0.3 is 5.97 Å². The van der Waals surface area contributed by atoms with Gasteiger partial charge < -0.3 is 19.4 Å². The summed E-state index contributed by atoms with van der Waals surface area (Å²) in [6.45, 7) is 4.61. The number of carbonyl (C=O) groups is 1. The fourth-order valence-corrected chi connectivity index (χ4v) is 4.94. The summed E-state index contributed by atoms with van der Waals surface area (Å²) < 4.78 is 13.4. The molecule has 0 aliphatic rings. The molecule has 8 heteroatoms. The second kappa shape index (κ2) is 10.8. The van der Waals surface area contributed by atoms with Gasteiger partial charge in [-0.3, -0.25) is 0 Å². The molecule has 0 aliphatic carbocycles. The summed E-state index contributed by atoms with van der Waals surface area (Å²) in [5.74, 6) is 0.552. The van der Waals surface area contributed by atoms with E-state index >= 15 is 0 Å². The maximum atomic E-state index is 12.1. The van der Waals surface area contributed by atoms with Crippen LogP contribution in [0.2, 0.25) is 0 Å². The lowest BCUT2D eigenvalue weighted by atomic mass is 10.2. The van der Waals surface area contributed by atoms with Crippen molar-refractivity contribution >= 4 is 43.7 Å². The zero-order chi connectivity index (χ0) is 23.2. The number of nitrogens with one attached hydrogen (secondary N) is 1. The maximum absolute atomic E-state index is 12.1. The number of unbranched alkanes of at least 4 members (excludes halogenated alkanes) is 2. The standard InChI is InChI=1S/C25H30N4O3S/c1-4-5-6-14-29-21-12-11-17(24(30)32-3)16-20(21)27-23(29)18-9-7-10-19-22(18)33-25(28-19)26-13-8-15-31-2/h7,9-12,16H,4-6,8,13-15H2,1-3H3,(H,26,28). The third-order valence-electron chi connectivity index (χ3n) is 5.61. The fraction of sp³-hybridized carbons (Fsp3) is 0.400. The quantitative estimate of drug-likeness (QED) is 0.224. The van der Waals surface area contributed by atoms with E-state index in [0.717, 1.165) is 83.1 Å². The van der Waals surface area contributed by atoms with Crippen LogP contribution in [0.25, 0.3) is 32.6 Å². The van der Waals surface area contributed by atoms with Crippen LogP contribution in [0, 0.1) is 0 Å². The van der Waals surface area contributed by atoms with Crippen LogP contribution >= 0.6 is 11.3 Å². The fourth-order valence-electron chi connectivity index (χ4n) is 3.94. The number of fused-ring (bicyclic) bond motifs is 2. The molecule has 4 aromatic rings. The molecular weight excluding hydrogens is 436 g/mol. The molecule has 1 N–H and O–H groups in total. The number of esters is 1. The van der Waals surface area contributed by atoms with Crippen LogP contribution in [-0.4, -0.2) is 47.9 Å². The zero-order valence-corrected chi connectivity index (χ0v) is 20.2. The first kappa shape index (κ1) is 23.2. The van der Waals surface area contributed by atoms with Crippen molar-refractivity contribution in [2.45, 2.75) is 39.2 Å². The van der Waals surface area contributed by atoms with Crippen LogP contribution in [-0.2, 0) is 16.0 Å². The molecule has 0 aliphatic heterocycles. The minimum atomic E-state index is -0.354. The highest BCUT2D eigenvalue weighted by Gasteiger charge is 2.18. The number of thiazole rings is 1. The van der Waals surface area contributed by atoms with Crippen molar-refractivity contribution in [3.63, 3.8) is 0 Å². The van der Waals surface area contributed by atoms with Gasteiger partial charge in [0.25, 0.3) is 0 Å². The number of carbonyl (C=O) groups excluding carboxylic acids is 1. The molecule has 0 bridgehead atoms.